The smallest absolute Gasteiger partial charge is 0.260 e. The topological polar surface area (TPSA) is 134 Å². The van der Waals surface area contributed by atoms with Crippen LogP contribution < -0.4 is 16.4 Å². The van der Waals surface area contributed by atoms with E-state index in [9.17, 15) is 14.0 Å². The molecule has 8 nitrogen and oxygen atoms in total. The first-order valence-corrected chi connectivity index (χ1v) is 8.66. The molecule has 10 heteroatoms. The first kappa shape index (κ1) is 18.9. The van der Waals surface area contributed by atoms with E-state index in [0.717, 1.165) is 17.6 Å². The number of hydrogen-bond acceptors (Lipinski definition) is 7. The molecule has 3 aromatic rings. The minimum Gasteiger partial charge on any atom is -0.366 e. The molecule has 0 spiro atoms. The molecule has 2 heterocycles. The Morgan fingerprint density at radius 3 is 2.71 bits per heavy atom. The molecular formula is C18H13FN6O2S. The highest BCUT2D eigenvalue weighted by molar-refractivity contribution is 7.10. The van der Waals surface area contributed by atoms with E-state index < -0.39 is 17.6 Å². The summed E-state index contributed by atoms with van der Waals surface area (Å²) >= 11 is 1.07. The van der Waals surface area contributed by atoms with Crippen LogP contribution in [0.15, 0.2) is 36.5 Å². The zero-order chi connectivity index (χ0) is 20.3. The van der Waals surface area contributed by atoms with Gasteiger partial charge in [0.2, 0.25) is 0 Å². The molecule has 0 saturated heterocycles. The van der Waals surface area contributed by atoms with Gasteiger partial charge in [0.05, 0.1) is 22.4 Å². The van der Waals surface area contributed by atoms with Gasteiger partial charge in [0.25, 0.3) is 11.8 Å². The van der Waals surface area contributed by atoms with Crippen molar-refractivity contribution in [3.63, 3.8) is 0 Å². The van der Waals surface area contributed by atoms with Gasteiger partial charge in [0.1, 0.15) is 22.7 Å². The van der Waals surface area contributed by atoms with Gasteiger partial charge >= 0.3 is 0 Å². The van der Waals surface area contributed by atoms with Crippen LogP contribution in [0.2, 0.25) is 0 Å². The summed E-state index contributed by atoms with van der Waals surface area (Å²) in [6, 6.07) is 8.71. The first-order valence-electron chi connectivity index (χ1n) is 7.89. The fourth-order valence-corrected chi connectivity index (χ4v) is 3.16. The van der Waals surface area contributed by atoms with Crippen molar-refractivity contribution in [3.8, 4) is 6.07 Å². The number of aryl methyl sites for hydroxylation is 1. The lowest BCUT2D eigenvalue weighted by Gasteiger charge is -2.09. The molecule has 2 amide bonds. The molecule has 140 valence electrons. The molecule has 4 N–H and O–H groups in total. The zero-order valence-electron chi connectivity index (χ0n) is 14.5. The summed E-state index contributed by atoms with van der Waals surface area (Å²) in [6.07, 6.45) is 1.40. The summed E-state index contributed by atoms with van der Waals surface area (Å²) in [5, 5.41) is 14.9. The van der Waals surface area contributed by atoms with Gasteiger partial charge in [0, 0.05) is 11.9 Å². The van der Waals surface area contributed by atoms with Gasteiger partial charge < -0.3 is 16.4 Å². The highest BCUT2D eigenvalue weighted by Gasteiger charge is 2.20. The average molecular weight is 396 g/mol. The number of aromatic nitrogens is 2. The van der Waals surface area contributed by atoms with Gasteiger partial charge in [-0.15, -0.1) is 0 Å². The van der Waals surface area contributed by atoms with Crippen LogP contribution in [0.5, 0.6) is 0 Å². The number of anilines is 3. The minimum atomic E-state index is -0.934. The molecule has 1 aromatic carbocycles. The molecule has 3 rings (SSSR count). The Labute approximate surface area is 163 Å². The maximum atomic E-state index is 13.6. The SMILES string of the molecule is Cc1nsc(Nc2ccc(C#N)cn2)c1C(=O)Nc1ccc(F)c(C(N)=O)c1. The van der Waals surface area contributed by atoms with E-state index in [-0.39, 0.29) is 16.8 Å². The summed E-state index contributed by atoms with van der Waals surface area (Å²) in [5.74, 6) is -1.76. The molecule has 0 saturated carbocycles. The zero-order valence-corrected chi connectivity index (χ0v) is 15.3. The van der Waals surface area contributed by atoms with E-state index in [1.165, 1.54) is 18.3 Å². The molecule has 2 aromatic heterocycles. The Bertz CT molecular complexity index is 1100. The maximum Gasteiger partial charge on any atom is 0.260 e. The normalized spacial score (nSPS) is 10.2. The van der Waals surface area contributed by atoms with Gasteiger partial charge in [-0.25, -0.2) is 9.37 Å². The second-order valence-electron chi connectivity index (χ2n) is 5.65. The lowest BCUT2D eigenvalue weighted by molar-refractivity contribution is 0.0992. The summed E-state index contributed by atoms with van der Waals surface area (Å²) in [6.45, 7) is 1.67. The molecule has 0 unspecified atom stereocenters. The number of pyridine rings is 1. The number of nitrogens with one attached hydrogen (secondary N) is 2. The second-order valence-corrected chi connectivity index (χ2v) is 6.43. The van der Waals surface area contributed by atoms with Crippen LogP contribution in [0.4, 0.5) is 20.9 Å². The Balaban J connectivity index is 1.84. The van der Waals surface area contributed by atoms with Crippen molar-refractivity contribution in [2.24, 2.45) is 5.73 Å². The summed E-state index contributed by atoms with van der Waals surface area (Å²) in [4.78, 5) is 28.1. The predicted octanol–water partition coefficient (Wildman–Crippen LogP) is 2.95. The maximum absolute atomic E-state index is 13.6. The third kappa shape index (κ3) is 3.94. The van der Waals surface area contributed by atoms with Crippen molar-refractivity contribution in [1.82, 2.24) is 9.36 Å². The van der Waals surface area contributed by atoms with E-state index in [2.05, 4.69) is 20.0 Å². The number of carbonyl (C=O) groups excluding carboxylic acids is 2. The monoisotopic (exact) mass is 396 g/mol. The van der Waals surface area contributed by atoms with Crippen LogP contribution in [0.25, 0.3) is 0 Å². The van der Waals surface area contributed by atoms with Crippen LogP contribution in [-0.4, -0.2) is 21.2 Å². The quantitative estimate of drug-likeness (QED) is 0.607. The Morgan fingerprint density at radius 1 is 1.29 bits per heavy atom. The lowest BCUT2D eigenvalue weighted by atomic mass is 10.1. The van der Waals surface area contributed by atoms with Gasteiger partial charge in [-0.3, -0.25) is 9.59 Å². The largest absolute Gasteiger partial charge is 0.366 e. The van der Waals surface area contributed by atoms with Crippen LogP contribution in [-0.2, 0) is 0 Å². The molecule has 0 radical (unpaired) electrons. The highest BCUT2D eigenvalue weighted by atomic mass is 32.1. The van der Waals surface area contributed by atoms with E-state index in [1.54, 1.807) is 19.1 Å². The molecule has 0 atom stereocenters. The number of primary amides is 1. The van der Waals surface area contributed by atoms with Crippen LogP contribution >= 0.6 is 11.5 Å². The van der Waals surface area contributed by atoms with Crippen molar-refractivity contribution in [1.29, 1.82) is 5.26 Å². The molecule has 0 aliphatic carbocycles. The average Bonchev–Trinajstić information content (AvgIpc) is 3.04. The van der Waals surface area contributed by atoms with Crippen molar-refractivity contribution in [3.05, 3.63) is 64.7 Å². The number of benzene rings is 1. The van der Waals surface area contributed by atoms with E-state index in [1.807, 2.05) is 6.07 Å². The van der Waals surface area contributed by atoms with Gasteiger partial charge in [0.15, 0.2) is 0 Å². The van der Waals surface area contributed by atoms with Crippen LogP contribution in [0.3, 0.4) is 0 Å². The summed E-state index contributed by atoms with van der Waals surface area (Å²) in [5.41, 5.74) is 6.19. The van der Waals surface area contributed by atoms with Crippen molar-refractivity contribution >= 4 is 39.9 Å². The third-order valence-corrected chi connectivity index (χ3v) is 4.57. The van der Waals surface area contributed by atoms with E-state index in [4.69, 9.17) is 11.0 Å². The number of amides is 2. The van der Waals surface area contributed by atoms with Gasteiger partial charge in [-0.1, -0.05) is 0 Å². The number of hydrogen-bond donors (Lipinski definition) is 3. The van der Waals surface area contributed by atoms with Crippen LogP contribution in [0, 0.1) is 24.1 Å². The van der Waals surface area contributed by atoms with Crippen LogP contribution in [0.1, 0.15) is 32.0 Å². The van der Waals surface area contributed by atoms with Gasteiger partial charge in [-0.2, -0.15) is 9.64 Å². The molecule has 28 heavy (non-hydrogen) atoms. The Morgan fingerprint density at radius 2 is 2.07 bits per heavy atom. The number of carbonyl (C=O) groups is 2. The number of nitriles is 1. The van der Waals surface area contributed by atoms with Crippen molar-refractivity contribution < 1.29 is 14.0 Å². The number of nitrogens with zero attached hydrogens (tertiary/aromatic N) is 3. The standard InChI is InChI=1S/C18H13FN6O2S/c1-9-15(17(27)23-11-3-4-13(19)12(6-11)16(21)26)18(28-25-9)24-14-5-2-10(7-20)8-22-14/h2-6,8H,1H3,(H2,21,26)(H,22,24)(H,23,27). The highest BCUT2D eigenvalue weighted by Crippen LogP contribution is 2.28. The fraction of sp³-hybridized carbons (Fsp3) is 0.0556. The molecule has 0 bridgehead atoms. The van der Waals surface area contributed by atoms with E-state index >= 15 is 0 Å². The number of rotatable bonds is 5. The van der Waals surface area contributed by atoms with Gasteiger partial charge in [-0.05, 0) is 48.8 Å². The number of halogens is 1. The summed E-state index contributed by atoms with van der Waals surface area (Å²) < 4.78 is 17.8. The molecular weight excluding hydrogens is 383 g/mol. The summed E-state index contributed by atoms with van der Waals surface area (Å²) in [7, 11) is 0. The third-order valence-electron chi connectivity index (χ3n) is 3.71. The second kappa shape index (κ2) is 7.81. The fourth-order valence-electron chi connectivity index (χ4n) is 2.36. The number of nitrogens with two attached hydrogens (primary N) is 1. The Hall–Kier alpha value is -3.84. The predicted molar refractivity (Wildman–Crippen MR) is 102 cm³/mol. The molecule has 0 aliphatic rings. The lowest BCUT2D eigenvalue weighted by Crippen LogP contribution is -2.17. The minimum absolute atomic E-state index is 0.216. The molecule has 0 aliphatic heterocycles. The Kier molecular flexibility index (Phi) is 5.28. The van der Waals surface area contributed by atoms with E-state index in [0.29, 0.717) is 22.1 Å². The molecule has 0 fully saturated rings. The van der Waals surface area contributed by atoms with Crippen molar-refractivity contribution in [2.75, 3.05) is 10.6 Å². The van der Waals surface area contributed by atoms with Crippen molar-refractivity contribution in [2.45, 2.75) is 6.92 Å². The first-order chi connectivity index (χ1) is 13.4.